The maximum absolute atomic E-state index is 12.9. The quantitative estimate of drug-likeness (QED) is 0.404. The largest absolute Gasteiger partial charge is 0.493 e. The molecule has 0 radical (unpaired) electrons. The zero-order valence-corrected chi connectivity index (χ0v) is 16.9. The molecule has 1 aliphatic heterocycles. The maximum atomic E-state index is 12.9. The van der Waals surface area contributed by atoms with Crippen LogP contribution in [0.4, 0.5) is 0 Å². The van der Waals surface area contributed by atoms with Crippen LogP contribution in [0.1, 0.15) is 11.1 Å². The number of benzene rings is 2. The molecule has 2 aromatic rings. The second-order valence-corrected chi connectivity index (χ2v) is 6.24. The lowest BCUT2D eigenvalue weighted by molar-refractivity contribution is -0.148. The highest BCUT2D eigenvalue weighted by Crippen LogP contribution is 2.49. The number of carbonyl (C=O) groups excluding carboxylic acids is 3. The van der Waals surface area contributed by atoms with Gasteiger partial charge in [0.2, 0.25) is 0 Å². The van der Waals surface area contributed by atoms with Crippen LogP contribution < -0.4 is 9.47 Å². The molecule has 1 aliphatic rings. The normalized spacial score (nSPS) is 17.9. The van der Waals surface area contributed by atoms with Gasteiger partial charge in [-0.05, 0) is 12.1 Å². The molecule has 0 bridgehead atoms. The molecule has 0 spiro atoms. The van der Waals surface area contributed by atoms with Crippen molar-refractivity contribution in [1.82, 2.24) is 0 Å². The molecule has 0 saturated carbocycles. The van der Waals surface area contributed by atoms with Crippen LogP contribution in [0.5, 0.6) is 11.5 Å². The summed E-state index contributed by atoms with van der Waals surface area (Å²) in [7, 11) is 5.19. The lowest BCUT2D eigenvalue weighted by atomic mass is 9.79. The lowest BCUT2D eigenvalue weighted by Crippen LogP contribution is -2.34. The molecule has 0 aromatic heterocycles. The van der Waals surface area contributed by atoms with Crippen LogP contribution in [0.15, 0.2) is 59.7 Å². The van der Waals surface area contributed by atoms with Gasteiger partial charge in [-0.1, -0.05) is 36.4 Å². The van der Waals surface area contributed by atoms with Crippen molar-refractivity contribution < 1.29 is 38.1 Å². The fraction of sp³-hybridized carbons (Fsp3) is 0.227. The van der Waals surface area contributed by atoms with E-state index in [0.717, 1.165) is 14.2 Å². The van der Waals surface area contributed by atoms with Gasteiger partial charge < -0.3 is 23.7 Å². The lowest BCUT2D eigenvalue weighted by Gasteiger charge is -2.31. The van der Waals surface area contributed by atoms with Gasteiger partial charge in [0, 0.05) is 11.1 Å². The van der Waals surface area contributed by atoms with Gasteiger partial charge in [-0.3, -0.25) is 0 Å². The van der Waals surface area contributed by atoms with Gasteiger partial charge in [-0.15, -0.1) is 0 Å². The van der Waals surface area contributed by atoms with Crippen molar-refractivity contribution in [3.8, 4) is 11.5 Å². The van der Waals surface area contributed by atoms with Crippen molar-refractivity contribution in [1.29, 1.82) is 0 Å². The molecule has 0 saturated heterocycles. The van der Waals surface area contributed by atoms with Crippen LogP contribution in [-0.2, 0) is 34.2 Å². The molecular formula is C22H20O8. The van der Waals surface area contributed by atoms with E-state index in [1.54, 1.807) is 48.5 Å². The number of ether oxygens (including phenoxy) is 5. The van der Waals surface area contributed by atoms with E-state index in [1.807, 2.05) is 0 Å². The highest BCUT2D eigenvalue weighted by Gasteiger charge is 2.56. The van der Waals surface area contributed by atoms with Gasteiger partial charge in [0.25, 0.3) is 0 Å². The Bertz CT molecular complexity index is 1020. The van der Waals surface area contributed by atoms with Crippen molar-refractivity contribution in [3.05, 3.63) is 70.8 Å². The Morgan fingerprint density at radius 1 is 0.800 bits per heavy atom. The molecule has 0 amide bonds. The van der Waals surface area contributed by atoms with E-state index < -0.39 is 29.1 Å². The monoisotopic (exact) mass is 412 g/mol. The first-order valence-corrected chi connectivity index (χ1v) is 8.87. The number of hydrogen-bond acceptors (Lipinski definition) is 8. The summed E-state index contributed by atoms with van der Waals surface area (Å²) < 4.78 is 26.0. The minimum absolute atomic E-state index is 0.278. The average molecular weight is 412 g/mol. The highest BCUT2D eigenvalue weighted by atomic mass is 16.6. The Balaban J connectivity index is 2.42. The molecule has 1 heterocycles. The predicted molar refractivity (Wildman–Crippen MR) is 104 cm³/mol. The van der Waals surface area contributed by atoms with Gasteiger partial charge >= 0.3 is 17.9 Å². The summed E-state index contributed by atoms with van der Waals surface area (Å²) in [4.78, 5) is 38.1. The summed E-state index contributed by atoms with van der Waals surface area (Å²) in [6.45, 7) is 0. The molecule has 156 valence electrons. The number of cyclic esters (lactones) is 1. The van der Waals surface area contributed by atoms with Crippen LogP contribution in [0, 0.1) is 0 Å². The molecule has 3 rings (SSSR count). The van der Waals surface area contributed by atoms with Gasteiger partial charge in [-0.25, -0.2) is 14.4 Å². The standard InChI is InChI=1S/C22H20O8/c1-26-15-11-10-14(12-16(15)27-2)22(13-8-6-5-7-9-13)18(21(25)29-4)17(19(23)28-3)20(24)30-22/h5-12H,1-4H3. The van der Waals surface area contributed by atoms with E-state index in [4.69, 9.17) is 23.7 Å². The van der Waals surface area contributed by atoms with Crippen LogP contribution in [0.25, 0.3) is 0 Å². The Hall–Kier alpha value is -3.81. The van der Waals surface area contributed by atoms with E-state index in [-0.39, 0.29) is 5.57 Å². The molecule has 1 atom stereocenters. The summed E-state index contributed by atoms with van der Waals surface area (Å²) in [6, 6.07) is 13.4. The second kappa shape index (κ2) is 8.28. The maximum Gasteiger partial charge on any atom is 0.347 e. The number of rotatable bonds is 6. The van der Waals surface area contributed by atoms with E-state index >= 15 is 0 Å². The smallest absolute Gasteiger partial charge is 0.347 e. The minimum atomic E-state index is -1.76. The van der Waals surface area contributed by atoms with E-state index in [9.17, 15) is 14.4 Å². The second-order valence-electron chi connectivity index (χ2n) is 6.24. The first-order valence-electron chi connectivity index (χ1n) is 8.87. The molecule has 0 aliphatic carbocycles. The first kappa shape index (κ1) is 20.9. The number of carbonyl (C=O) groups is 3. The Labute approximate surface area is 172 Å². The number of hydrogen-bond donors (Lipinski definition) is 0. The van der Waals surface area contributed by atoms with Crippen LogP contribution in [-0.4, -0.2) is 46.3 Å². The predicted octanol–water partition coefficient (Wildman–Crippen LogP) is 2.15. The fourth-order valence-corrected chi connectivity index (χ4v) is 3.46. The molecule has 1 unspecified atom stereocenters. The molecule has 0 N–H and O–H groups in total. The number of methoxy groups -OCH3 is 4. The van der Waals surface area contributed by atoms with E-state index in [2.05, 4.69) is 0 Å². The van der Waals surface area contributed by atoms with E-state index in [0.29, 0.717) is 22.6 Å². The van der Waals surface area contributed by atoms with Gasteiger partial charge in [0.1, 0.15) is 5.57 Å². The summed E-state index contributed by atoms with van der Waals surface area (Å²) in [6.07, 6.45) is 0. The fourth-order valence-electron chi connectivity index (χ4n) is 3.46. The Morgan fingerprint density at radius 3 is 2.00 bits per heavy atom. The Morgan fingerprint density at radius 2 is 1.43 bits per heavy atom. The van der Waals surface area contributed by atoms with Crippen LogP contribution in [0.3, 0.4) is 0 Å². The van der Waals surface area contributed by atoms with Crippen molar-refractivity contribution in [2.45, 2.75) is 5.60 Å². The molecule has 30 heavy (non-hydrogen) atoms. The highest BCUT2D eigenvalue weighted by molar-refractivity contribution is 6.22. The van der Waals surface area contributed by atoms with Crippen molar-refractivity contribution in [2.24, 2.45) is 0 Å². The molecule has 0 fully saturated rings. The van der Waals surface area contributed by atoms with Gasteiger partial charge in [-0.2, -0.15) is 0 Å². The van der Waals surface area contributed by atoms with Crippen molar-refractivity contribution in [2.75, 3.05) is 28.4 Å². The third kappa shape index (κ3) is 3.16. The SMILES string of the molecule is COC(=O)C1=C(C(=O)OC)C(c2ccccc2)(c2ccc(OC)c(OC)c2)OC1=O. The summed E-state index contributed by atoms with van der Waals surface area (Å²) in [5.74, 6) is -2.12. The van der Waals surface area contributed by atoms with Gasteiger partial charge in [0.05, 0.1) is 28.4 Å². The first-order chi connectivity index (χ1) is 14.4. The molecule has 2 aromatic carbocycles. The third-order valence-electron chi connectivity index (χ3n) is 4.80. The summed E-state index contributed by atoms with van der Waals surface area (Å²) in [5.41, 5.74) is -1.76. The molecule has 8 heteroatoms. The zero-order chi connectivity index (χ0) is 21.9. The topological polar surface area (TPSA) is 97.4 Å². The van der Waals surface area contributed by atoms with Crippen LogP contribution in [0.2, 0.25) is 0 Å². The van der Waals surface area contributed by atoms with Gasteiger partial charge in [0.15, 0.2) is 22.7 Å². The molecule has 8 nitrogen and oxygen atoms in total. The summed E-state index contributed by atoms with van der Waals surface area (Å²) >= 11 is 0. The van der Waals surface area contributed by atoms with E-state index in [1.165, 1.54) is 14.2 Å². The average Bonchev–Trinajstić information content (AvgIpc) is 3.11. The van der Waals surface area contributed by atoms with Crippen LogP contribution >= 0.6 is 0 Å². The Kier molecular flexibility index (Phi) is 5.77. The van der Waals surface area contributed by atoms with Crippen molar-refractivity contribution >= 4 is 17.9 Å². The summed E-state index contributed by atoms with van der Waals surface area (Å²) in [5, 5.41) is 0. The van der Waals surface area contributed by atoms with Crippen molar-refractivity contribution in [3.63, 3.8) is 0 Å². The molecular weight excluding hydrogens is 392 g/mol. The zero-order valence-electron chi connectivity index (χ0n) is 16.9. The third-order valence-corrected chi connectivity index (χ3v) is 4.80. The minimum Gasteiger partial charge on any atom is -0.493 e. The number of esters is 3.